The molecule has 5 nitrogen and oxygen atoms in total. The SMILES string of the molecule is CC.CCCN1C(=N)C(c2ccc(OCOC)cc2)(c2cccc(Br)c2)NC1=S. The molecular weight excluding hydrogens is 450 g/mol. The molecule has 1 atom stereocenters. The topological polar surface area (TPSA) is 57.6 Å². The van der Waals surface area contributed by atoms with Crippen LogP contribution in [0.1, 0.15) is 38.3 Å². The molecule has 29 heavy (non-hydrogen) atoms. The first-order valence-electron chi connectivity index (χ1n) is 9.70. The molecule has 1 aliphatic heterocycles. The molecule has 2 aromatic rings. The number of thiocarbonyl (C=S) groups is 1. The molecule has 1 fully saturated rings. The third-order valence-electron chi connectivity index (χ3n) is 4.50. The van der Waals surface area contributed by atoms with Crippen LogP contribution in [0.3, 0.4) is 0 Å². The van der Waals surface area contributed by atoms with E-state index >= 15 is 0 Å². The number of hydrogen-bond donors (Lipinski definition) is 2. The van der Waals surface area contributed by atoms with Crippen LogP contribution in [0.5, 0.6) is 5.75 Å². The van der Waals surface area contributed by atoms with E-state index in [2.05, 4.69) is 28.2 Å². The Kier molecular flexibility index (Phi) is 8.61. The van der Waals surface area contributed by atoms with Gasteiger partial charge in [0, 0.05) is 18.1 Å². The number of methoxy groups -OCH3 is 1. The zero-order valence-electron chi connectivity index (χ0n) is 17.3. The minimum Gasteiger partial charge on any atom is -0.468 e. The van der Waals surface area contributed by atoms with E-state index in [9.17, 15) is 0 Å². The maximum atomic E-state index is 8.96. The molecule has 1 heterocycles. The van der Waals surface area contributed by atoms with Gasteiger partial charge in [-0.3, -0.25) is 5.41 Å². The summed E-state index contributed by atoms with van der Waals surface area (Å²) in [4.78, 5) is 1.87. The predicted molar refractivity (Wildman–Crippen MR) is 126 cm³/mol. The highest BCUT2D eigenvalue weighted by Crippen LogP contribution is 2.38. The lowest BCUT2D eigenvalue weighted by Crippen LogP contribution is -2.44. The minimum absolute atomic E-state index is 0.193. The molecule has 156 valence electrons. The van der Waals surface area contributed by atoms with Crippen molar-refractivity contribution in [3.63, 3.8) is 0 Å². The fourth-order valence-corrected chi connectivity index (χ4v) is 4.00. The van der Waals surface area contributed by atoms with Crippen molar-refractivity contribution in [1.29, 1.82) is 5.41 Å². The molecule has 3 rings (SSSR count). The standard InChI is InChI=1S/C20H22BrN3O2S.C2H6/c1-3-11-24-18(22)20(23-19(24)27,15-5-4-6-16(21)12-15)14-7-9-17(10-8-14)26-13-25-2;1-2/h4-10,12,22H,3,11,13H2,1-2H3,(H,23,27);1-2H3. The van der Waals surface area contributed by atoms with Gasteiger partial charge in [-0.05, 0) is 54.0 Å². The monoisotopic (exact) mass is 477 g/mol. The van der Waals surface area contributed by atoms with E-state index in [0.717, 1.165) is 22.0 Å². The summed E-state index contributed by atoms with van der Waals surface area (Å²) in [6, 6.07) is 15.7. The first-order chi connectivity index (χ1) is 14.0. The fourth-order valence-electron chi connectivity index (χ4n) is 3.26. The Morgan fingerprint density at radius 1 is 1.14 bits per heavy atom. The number of amidine groups is 1. The number of rotatable bonds is 7. The van der Waals surface area contributed by atoms with E-state index in [1.807, 2.05) is 67.3 Å². The summed E-state index contributed by atoms with van der Waals surface area (Å²) in [6.07, 6.45) is 0.905. The maximum absolute atomic E-state index is 8.96. The van der Waals surface area contributed by atoms with Gasteiger partial charge in [0.25, 0.3) is 0 Å². The van der Waals surface area contributed by atoms with Crippen LogP contribution in [-0.4, -0.2) is 36.3 Å². The number of nitrogens with zero attached hydrogens (tertiary/aromatic N) is 1. The summed E-state index contributed by atoms with van der Waals surface area (Å²) < 4.78 is 11.4. The second-order valence-corrected chi connectivity index (χ2v) is 7.57. The highest BCUT2D eigenvalue weighted by Gasteiger charge is 2.48. The van der Waals surface area contributed by atoms with Crippen LogP contribution in [0.4, 0.5) is 0 Å². The average molecular weight is 478 g/mol. The predicted octanol–water partition coefficient (Wildman–Crippen LogP) is 5.28. The summed E-state index contributed by atoms with van der Waals surface area (Å²) in [5, 5.41) is 13.0. The molecule has 0 saturated carbocycles. The summed E-state index contributed by atoms with van der Waals surface area (Å²) in [5.41, 5.74) is 1.04. The van der Waals surface area contributed by atoms with Crippen LogP contribution >= 0.6 is 28.1 Å². The Hall–Kier alpha value is -1.96. The molecule has 7 heteroatoms. The van der Waals surface area contributed by atoms with Crippen molar-refractivity contribution in [3.8, 4) is 5.75 Å². The van der Waals surface area contributed by atoms with Crippen molar-refractivity contribution in [2.45, 2.75) is 32.7 Å². The third kappa shape index (κ3) is 4.79. The highest BCUT2D eigenvalue weighted by atomic mass is 79.9. The molecule has 1 saturated heterocycles. The van der Waals surface area contributed by atoms with Crippen molar-refractivity contribution < 1.29 is 9.47 Å². The maximum Gasteiger partial charge on any atom is 0.188 e. The van der Waals surface area contributed by atoms with E-state index in [1.165, 1.54) is 0 Å². The Morgan fingerprint density at radius 3 is 2.41 bits per heavy atom. The van der Waals surface area contributed by atoms with Gasteiger partial charge >= 0.3 is 0 Å². The van der Waals surface area contributed by atoms with Gasteiger partial charge < -0.3 is 19.7 Å². The zero-order chi connectivity index (χ0) is 21.4. The second-order valence-electron chi connectivity index (χ2n) is 6.27. The zero-order valence-corrected chi connectivity index (χ0v) is 19.7. The van der Waals surface area contributed by atoms with Gasteiger partial charge in [0.2, 0.25) is 0 Å². The van der Waals surface area contributed by atoms with Crippen molar-refractivity contribution in [2.24, 2.45) is 0 Å². The molecule has 0 aliphatic carbocycles. The fraction of sp³-hybridized carbons (Fsp3) is 0.364. The van der Waals surface area contributed by atoms with Gasteiger partial charge in [-0.2, -0.15) is 0 Å². The Balaban J connectivity index is 0.00000145. The number of benzene rings is 2. The molecule has 0 aromatic heterocycles. The highest BCUT2D eigenvalue weighted by molar-refractivity contribution is 9.10. The van der Waals surface area contributed by atoms with Crippen LogP contribution in [0.2, 0.25) is 0 Å². The molecule has 0 spiro atoms. The van der Waals surface area contributed by atoms with Crippen LogP contribution in [-0.2, 0) is 10.3 Å². The first-order valence-corrected chi connectivity index (χ1v) is 10.9. The van der Waals surface area contributed by atoms with Crippen molar-refractivity contribution >= 4 is 39.1 Å². The van der Waals surface area contributed by atoms with Gasteiger partial charge in [-0.1, -0.05) is 61.0 Å². The van der Waals surface area contributed by atoms with Gasteiger partial charge in [0.15, 0.2) is 11.9 Å². The molecule has 2 aromatic carbocycles. The van der Waals surface area contributed by atoms with E-state index in [1.54, 1.807) is 7.11 Å². The van der Waals surface area contributed by atoms with Gasteiger partial charge in [-0.25, -0.2) is 0 Å². The molecule has 1 aliphatic rings. The van der Waals surface area contributed by atoms with Gasteiger partial charge in [0.05, 0.1) is 0 Å². The van der Waals surface area contributed by atoms with E-state index < -0.39 is 5.54 Å². The third-order valence-corrected chi connectivity index (χ3v) is 5.32. The van der Waals surface area contributed by atoms with Gasteiger partial charge in [0.1, 0.15) is 17.1 Å². The van der Waals surface area contributed by atoms with Crippen LogP contribution < -0.4 is 10.1 Å². The summed E-state index contributed by atoms with van der Waals surface area (Å²) in [7, 11) is 1.59. The number of hydrogen-bond acceptors (Lipinski definition) is 4. The minimum atomic E-state index is -0.837. The summed E-state index contributed by atoms with van der Waals surface area (Å²) in [6.45, 7) is 6.98. The molecule has 0 radical (unpaired) electrons. The first kappa shape index (κ1) is 23.3. The normalized spacial score (nSPS) is 18.2. The van der Waals surface area contributed by atoms with E-state index in [0.29, 0.717) is 23.2 Å². The second kappa shape index (κ2) is 10.7. The Labute approximate surface area is 187 Å². The number of nitrogens with one attached hydrogen (secondary N) is 2. The lowest BCUT2D eigenvalue weighted by molar-refractivity contribution is 0.0511. The van der Waals surface area contributed by atoms with Gasteiger partial charge in [-0.15, -0.1) is 0 Å². The largest absolute Gasteiger partial charge is 0.468 e. The van der Waals surface area contributed by atoms with E-state index in [4.69, 9.17) is 27.1 Å². The van der Waals surface area contributed by atoms with Crippen molar-refractivity contribution in [2.75, 3.05) is 20.4 Å². The van der Waals surface area contributed by atoms with Crippen LogP contribution in [0.15, 0.2) is 53.0 Å². The average Bonchev–Trinajstić information content (AvgIpc) is 3.00. The van der Waals surface area contributed by atoms with Crippen molar-refractivity contribution in [3.05, 3.63) is 64.1 Å². The lowest BCUT2D eigenvalue weighted by Gasteiger charge is -2.31. The molecule has 0 bridgehead atoms. The summed E-state index contributed by atoms with van der Waals surface area (Å²) in [5.74, 6) is 1.14. The molecular formula is C22H28BrN3O2S. The van der Waals surface area contributed by atoms with Crippen molar-refractivity contribution in [1.82, 2.24) is 10.2 Å². The molecule has 2 N–H and O–H groups in total. The van der Waals surface area contributed by atoms with Crippen LogP contribution in [0.25, 0.3) is 0 Å². The Bertz CT molecular complexity index is 844. The number of halogens is 1. The van der Waals surface area contributed by atoms with Crippen LogP contribution in [0, 0.1) is 5.41 Å². The van der Waals surface area contributed by atoms with E-state index in [-0.39, 0.29) is 6.79 Å². The molecule has 1 unspecified atom stereocenters. The quantitative estimate of drug-likeness (QED) is 0.419. The summed E-state index contributed by atoms with van der Waals surface area (Å²) >= 11 is 9.12. The number of ether oxygens (including phenoxy) is 2. The smallest absolute Gasteiger partial charge is 0.188 e. The lowest BCUT2D eigenvalue weighted by atomic mass is 9.82. The Morgan fingerprint density at radius 2 is 1.83 bits per heavy atom. The molecule has 0 amide bonds.